The van der Waals surface area contributed by atoms with Gasteiger partial charge in [0.15, 0.2) is 0 Å². The fourth-order valence-electron chi connectivity index (χ4n) is 6.31. The fraction of sp³-hybridized carbons (Fsp3) is 0.720. The Morgan fingerprint density at radius 3 is 2.36 bits per heavy atom. The van der Waals surface area contributed by atoms with Crippen LogP contribution in [0, 0.1) is 5.92 Å². The quantitative estimate of drug-likeness (QED) is 0.651. The molecule has 3 nitrogen and oxygen atoms in total. The van der Waals surface area contributed by atoms with Crippen LogP contribution in [0.1, 0.15) is 89.5 Å². The highest BCUT2D eigenvalue weighted by Gasteiger charge is 2.46. The molecule has 1 aromatic carbocycles. The monoisotopic (exact) mass is 382 g/mol. The van der Waals surface area contributed by atoms with Crippen molar-refractivity contribution in [1.29, 1.82) is 0 Å². The summed E-state index contributed by atoms with van der Waals surface area (Å²) in [6.07, 6.45) is 13.4. The lowest BCUT2D eigenvalue weighted by molar-refractivity contribution is -0.118. The van der Waals surface area contributed by atoms with Crippen molar-refractivity contribution in [2.24, 2.45) is 5.92 Å². The van der Waals surface area contributed by atoms with Crippen molar-refractivity contribution in [3.63, 3.8) is 0 Å². The Labute approximate surface area is 171 Å². The molecule has 2 fully saturated rings. The molecule has 4 rings (SSSR count). The summed E-state index contributed by atoms with van der Waals surface area (Å²) in [5.41, 5.74) is 2.54. The maximum absolute atomic E-state index is 12.7. The SMILES string of the molecule is CC(=O)N1c2ccccc2C(C)CC12CCN(CC1CCCCCCC1)CC2. The minimum atomic E-state index is 0.0248. The smallest absolute Gasteiger partial charge is 0.224 e. The second-order valence-corrected chi connectivity index (χ2v) is 9.75. The zero-order chi connectivity index (χ0) is 19.6. The number of rotatable bonds is 2. The van der Waals surface area contributed by atoms with Gasteiger partial charge in [-0.3, -0.25) is 4.79 Å². The molecule has 2 aliphatic heterocycles. The summed E-state index contributed by atoms with van der Waals surface area (Å²) >= 11 is 0. The molecule has 0 N–H and O–H groups in total. The number of benzene rings is 1. The maximum Gasteiger partial charge on any atom is 0.224 e. The van der Waals surface area contributed by atoms with Gasteiger partial charge in [-0.2, -0.15) is 0 Å². The van der Waals surface area contributed by atoms with Gasteiger partial charge in [0.25, 0.3) is 0 Å². The van der Waals surface area contributed by atoms with Crippen molar-refractivity contribution in [2.45, 2.75) is 89.5 Å². The molecule has 1 aromatic rings. The zero-order valence-electron chi connectivity index (χ0n) is 18.0. The third-order valence-electron chi connectivity index (χ3n) is 7.71. The lowest BCUT2D eigenvalue weighted by atomic mass is 9.72. The number of fused-ring (bicyclic) bond motifs is 1. The Bertz CT molecular complexity index is 669. The van der Waals surface area contributed by atoms with E-state index >= 15 is 0 Å². The van der Waals surface area contributed by atoms with Gasteiger partial charge in [0, 0.05) is 32.2 Å². The van der Waals surface area contributed by atoms with Crippen LogP contribution in [0.2, 0.25) is 0 Å². The molecular formula is C25H38N2O. The van der Waals surface area contributed by atoms with Gasteiger partial charge < -0.3 is 9.80 Å². The van der Waals surface area contributed by atoms with Gasteiger partial charge in [0.1, 0.15) is 0 Å². The molecule has 3 heteroatoms. The van der Waals surface area contributed by atoms with Gasteiger partial charge in [0.2, 0.25) is 5.91 Å². The first-order chi connectivity index (χ1) is 13.6. The molecule has 1 saturated carbocycles. The molecule has 0 aromatic heterocycles. The second-order valence-electron chi connectivity index (χ2n) is 9.75. The lowest BCUT2D eigenvalue weighted by Crippen LogP contribution is -2.60. The molecule has 0 radical (unpaired) electrons. The molecule has 1 unspecified atom stereocenters. The number of hydrogen-bond donors (Lipinski definition) is 0. The molecule has 0 bridgehead atoms. The van der Waals surface area contributed by atoms with Crippen LogP contribution in [0.15, 0.2) is 24.3 Å². The predicted molar refractivity (Wildman–Crippen MR) is 117 cm³/mol. The summed E-state index contributed by atoms with van der Waals surface area (Å²) in [6.45, 7) is 7.68. The zero-order valence-corrected chi connectivity index (χ0v) is 18.0. The highest BCUT2D eigenvalue weighted by atomic mass is 16.2. The number of nitrogens with zero attached hydrogens (tertiary/aromatic N) is 2. The molecule has 154 valence electrons. The number of anilines is 1. The number of piperidine rings is 1. The molecule has 1 atom stereocenters. The highest BCUT2D eigenvalue weighted by Crippen LogP contribution is 2.48. The Morgan fingerprint density at radius 1 is 1.04 bits per heavy atom. The van der Waals surface area contributed by atoms with Crippen LogP contribution in [-0.4, -0.2) is 36.0 Å². The molecule has 3 aliphatic rings. The molecular weight excluding hydrogens is 344 g/mol. The Balaban J connectivity index is 1.45. The summed E-state index contributed by atoms with van der Waals surface area (Å²) in [4.78, 5) is 17.6. The van der Waals surface area contributed by atoms with Crippen LogP contribution in [-0.2, 0) is 4.79 Å². The lowest BCUT2D eigenvalue weighted by Gasteiger charge is -2.53. The van der Waals surface area contributed by atoms with E-state index < -0.39 is 0 Å². The largest absolute Gasteiger partial charge is 0.306 e. The summed E-state index contributed by atoms with van der Waals surface area (Å²) in [6, 6.07) is 8.58. The highest BCUT2D eigenvalue weighted by molar-refractivity contribution is 5.94. The summed E-state index contributed by atoms with van der Waals surface area (Å²) in [7, 11) is 0. The molecule has 1 saturated heterocycles. The van der Waals surface area contributed by atoms with Gasteiger partial charge in [0.05, 0.1) is 5.54 Å². The van der Waals surface area contributed by atoms with E-state index in [0.29, 0.717) is 5.92 Å². The van der Waals surface area contributed by atoms with E-state index in [1.54, 1.807) is 6.92 Å². The summed E-state index contributed by atoms with van der Waals surface area (Å²) < 4.78 is 0. The number of amides is 1. The predicted octanol–water partition coefficient (Wildman–Crippen LogP) is 5.74. The third kappa shape index (κ3) is 4.01. The van der Waals surface area contributed by atoms with E-state index in [-0.39, 0.29) is 11.4 Å². The first-order valence-corrected chi connectivity index (χ1v) is 11.7. The van der Waals surface area contributed by atoms with Crippen LogP contribution < -0.4 is 4.90 Å². The van der Waals surface area contributed by atoms with E-state index in [0.717, 1.165) is 38.3 Å². The number of carbonyl (C=O) groups excluding carboxylic acids is 1. The van der Waals surface area contributed by atoms with E-state index in [4.69, 9.17) is 0 Å². The number of likely N-dealkylation sites (tertiary alicyclic amines) is 1. The minimum absolute atomic E-state index is 0.0248. The van der Waals surface area contributed by atoms with E-state index in [9.17, 15) is 4.79 Å². The molecule has 1 amide bonds. The Morgan fingerprint density at radius 2 is 1.68 bits per heavy atom. The Kier molecular flexibility index (Phi) is 6.10. The van der Waals surface area contributed by atoms with Gasteiger partial charge in [-0.1, -0.05) is 57.2 Å². The standard InChI is InChI=1S/C25H38N2O/c1-20-18-25(27(21(2)28)24-13-9-8-12-23(20)24)14-16-26(17-15-25)19-22-10-6-4-3-5-7-11-22/h8-9,12-13,20,22H,3-7,10-11,14-19H2,1-2H3. The van der Waals surface area contributed by atoms with Gasteiger partial charge in [-0.25, -0.2) is 0 Å². The number of para-hydroxylation sites is 1. The van der Waals surface area contributed by atoms with E-state index in [1.807, 2.05) is 0 Å². The molecule has 1 aliphatic carbocycles. The fourth-order valence-corrected chi connectivity index (χ4v) is 6.31. The average Bonchev–Trinajstić information content (AvgIpc) is 2.65. The molecule has 28 heavy (non-hydrogen) atoms. The van der Waals surface area contributed by atoms with Crippen molar-refractivity contribution in [3.05, 3.63) is 29.8 Å². The topological polar surface area (TPSA) is 23.6 Å². The van der Waals surface area contributed by atoms with Crippen molar-refractivity contribution >= 4 is 11.6 Å². The van der Waals surface area contributed by atoms with Crippen LogP contribution in [0.25, 0.3) is 0 Å². The average molecular weight is 383 g/mol. The normalized spacial score (nSPS) is 26.5. The first kappa shape index (κ1) is 19.9. The molecule has 2 heterocycles. The second kappa shape index (κ2) is 8.57. The van der Waals surface area contributed by atoms with Gasteiger partial charge in [-0.05, 0) is 55.6 Å². The minimum Gasteiger partial charge on any atom is -0.306 e. The van der Waals surface area contributed by atoms with Crippen molar-refractivity contribution in [1.82, 2.24) is 4.90 Å². The first-order valence-electron chi connectivity index (χ1n) is 11.7. The van der Waals surface area contributed by atoms with Crippen LogP contribution in [0.3, 0.4) is 0 Å². The van der Waals surface area contributed by atoms with Crippen LogP contribution in [0.4, 0.5) is 5.69 Å². The molecule has 1 spiro atoms. The number of carbonyl (C=O) groups is 1. The third-order valence-corrected chi connectivity index (χ3v) is 7.71. The van der Waals surface area contributed by atoms with Crippen LogP contribution in [0.5, 0.6) is 0 Å². The summed E-state index contributed by atoms with van der Waals surface area (Å²) in [5, 5.41) is 0. The van der Waals surface area contributed by atoms with Crippen molar-refractivity contribution in [2.75, 3.05) is 24.5 Å². The summed E-state index contributed by atoms with van der Waals surface area (Å²) in [5.74, 6) is 1.64. The van der Waals surface area contributed by atoms with Crippen molar-refractivity contribution < 1.29 is 4.79 Å². The maximum atomic E-state index is 12.7. The van der Waals surface area contributed by atoms with E-state index in [1.165, 1.54) is 62.7 Å². The van der Waals surface area contributed by atoms with Gasteiger partial charge in [-0.15, -0.1) is 0 Å². The Hall–Kier alpha value is -1.35. The van der Waals surface area contributed by atoms with Crippen LogP contribution >= 0.6 is 0 Å². The van der Waals surface area contributed by atoms with E-state index in [2.05, 4.69) is 41.0 Å². The number of hydrogen-bond acceptors (Lipinski definition) is 2. The van der Waals surface area contributed by atoms with Gasteiger partial charge >= 0.3 is 0 Å². The van der Waals surface area contributed by atoms with Crippen molar-refractivity contribution in [3.8, 4) is 0 Å².